The van der Waals surface area contributed by atoms with Crippen molar-refractivity contribution in [3.05, 3.63) is 11.4 Å². The van der Waals surface area contributed by atoms with E-state index in [1.165, 1.54) is 0 Å². The zero-order valence-electron chi connectivity index (χ0n) is 12.3. The third-order valence-electron chi connectivity index (χ3n) is 4.30. The molecule has 0 aliphatic heterocycles. The van der Waals surface area contributed by atoms with Gasteiger partial charge in [0.15, 0.2) is 0 Å². The zero-order chi connectivity index (χ0) is 14.9. The van der Waals surface area contributed by atoms with Gasteiger partial charge in [-0.15, -0.1) is 0 Å². The summed E-state index contributed by atoms with van der Waals surface area (Å²) < 4.78 is 29.1. The molecular weight excluding hydrogens is 278 g/mol. The van der Waals surface area contributed by atoms with Crippen LogP contribution in [0, 0.1) is 25.7 Å². The van der Waals surface area contributed by atoms with E-state index in [1.807, 2.05) is 0 Å². The van der Waals surface area contributed by atoms with Gasteiger partial charge < -0.3 is 5.11 Å². The second-order valence-electron chi connectivity index (χ2n) is 5.61. The van der Waals surface area contributed by atoms with E-state index in [4.69, 9.17) is 0 Å². The van der Waals surface area contributed by atoms with Crippen LogP contribution < -0.4 is 4.72 Å². The average Bonchev–Trinajstić information content (AvgIpc) is 2.92. The van der Waals surface area contributed by atoms with Gasteiger partial charge in [-0.25, -0.2) is 13.1 Å². The highest BCUT2D eigenvalue weighted by molar-refractivity contribution is 7.89. The zero-order valence-corrected chi connectivity index (χ0v) is 13.1. The van der Waals surface area contributed by atoms with Gasteiger partial charge in [-0.2, -0.15) is 5.10 Å². The highest BCUT2D eigenvalue weighted by Gasteiger charge is 2.29. The van der Waals surface area contributed by atoms with Crippen molar-refractivity contribution in [2.24, 2.45) is 18.9 Å². The van der Waals surface area contributed by atoms with Crippen molar-refractivity contribution in [3.8, 4) is 0 Å². The number of aryl methyl sites for hydroxylation is 2. The Balaban J connectivity index is 2.12. The normalized spacial score (nSPS) is 23.4. The van der Waals surface area contributed by atoms with E-state index in [2.05, 4.69) is 9.82 Å². The second kappa shape index (κ2) is 5.83. The molecule has 1 saturated carbocycles. The van der Waals surface area contributed by atoms with Gasteiger partial charge in [-0.05, 0) is 38.5 Å². The Hall–Kier alpha value is -0.920. The maximum Gasteiger partial charge on any atom is 0.244 e. The molecule has 0 radical (unpaired) electrons. The number of aliphatic hydroxyl groups excluding tert-OH is 1. The van der Waals surface area contributed by atoms with Crippen LogP contribution in [0.1, 0.15) is 30.7 Å². The molecule has 0 amide bonds. The first-order valence-electron chi connectivity index (χ1n) is 6.97. The van der Waals surface area contributed by atoms with E-state index in [0.717, 1.165) is 19.3 Å². The largest absolute Gasteiger partial charge is 0.396 e. The number of aromatic nitrogens is 2. The van der Waals surface area contributed by atoms with E-state index in [0.29, 0.717) is 17.9 Å². The molecular formula is C13H23N3O3S. The minimum atomic E-state index is -3.53. The maximum atomic E-state index is 12.4. The Kier molecular flexibility index (Phi) is 4.51. The molecule has 0 spiro atoms. The molecule has 1 heterocycles. The van der Waals surface area contributed by atoms with E-state index in [1.54, 1.807) is 25.6 Å². The fraction of sp³-hybridized carbons (Fsp3) is 0.769. The molecule has 114 valence electrons. The average molecular weight is 301 g/mol. The van der Waals surface area contributed by atoms with Crippen LogP contribution in [0.3, 0.4) is 0 Å². The summed E-state index contributed by atoms with van der Waals surface area (Å²) >= 11 is 0. The fourth-order valence-electron chi connectivity index (χ4n) is 3.05. The lowest BCUT2D eigenvalue weighted by atomic mass is 9.97. The van der Waals surface area contributed by atoms with Gasteiger partial charge >= 0.3 is 0 Å². The molecule has 1 fully saturated rings. The molecule has 2 atom stereocenters. The molecule has 2 N–H and O–H groups in total. The summed E-state index contributed by atoms with van der Waals surface area (Å²) in [6.07, 6.45) is 3.01. The van der Waals surface area contributed by atoms with Gasteiger partial charge in [0.25, 0.3) is 0 Å². The molecule has 1 aromatic heterocycles. The summed E-state index contributed by atoms with van der Waals surface area (Å²) in [5.74, 6) is 0.445. The molecule has 1 aliphatic rings. The first-order chi connectivity index (χ1) is 9.36. The number of hydrogen-bond donors (Lipinski definition) is 2. The van der Waals surface area contributed by atoms with Crippen LogP contribution in [0.2, 0.25) is 0 Å². The SMILES string of the molecule is Cc1nn(C)c(C)c1S(=O)(=O)NCC1CCCC1CO. The van der Waals surface area contributed by atoms with Crippen molar-refractivity contribution in [2.75, 3.05) is 13.2 Å². The molecule has 6 nitrogen and oxygen atoms in total. The molecule has 20 heavy (non-hydrogen) atoms. The summed E-state index contributed by atoms with van der Waals surface area (Å²) in [6, 6.07) is 0. The van der Waals surface area contributed by atoms with Gasteiger partial charge in [0.05, 0.1) is 11.4 Å². The van der Waals surface area contributed by atoms with Crippen LogP contribution >= 0.6 is 0 Å². The Morgan fingerprint density at radius 1 is 1.35 bits per heavy atom. The molecule has 0 aromatic carbocycles. The quantitative estimate of drug-likeness (QED) is 0.839. The minimum absolute atomic E-state index is 0.136. The highest BCUT2D eigenvalue weighted by Crippen LogP contribution is 2.31. The van der Waals surface area contributed by atoms with Crippen molar-refractivity contribution >= 4 is 10.0 Å². The van der Waals surface area contributed by atoms with Gasteiger partial charge in [-0.1, -0.05) is 6.42 Å². The van der Waals surface area contributed by atoms with Crippen molar-refractivity contribution in [1.82, 2.24) is 14.5 Å². The Bertz CT molecular complexity index is 580. The molecule has 1 aromatic rings. The summed E-state index contributed by atoms with van der Waals surface area (Å²) in [7, 11) is -1.80. The summed E-state index contributed by atoms with van der Waals surface area (Å²) in [4.78, 5) is 0.276. The third-order valence-corrected chi connectivity index (χ3v) is 5.97. The monoisotopic (exact) mass is 301 g/mol. The Morgan fingerprint density at radius 2 is 2.00 bits per heavy atom. The van der Waals surface area contributed by atoms with Crippen molar-refractivity contribution in [3.63, 3.8) is 0 Å². The third kappa shape index (κ3) is 2.89. The van der Waals surface area contributed by atoms with Crippen LogP contribution in [0.25, 0.3) is 0 Å². The van der Waals surface area contributed by atoms with Gasteiger partial charge in [0.1, 0.15) is 4.90 Å². The Morgan fingerprint density at radius 3 is 2.55 bits per heavy atom. The smallest absolute Gasteiger partial charge is 0.244 e. The summed E-state index contributed by atoms with van der Waals surface area (Å²) in [6.45, 7) is 3.98. The molecule has 1 aliphatic carbocycles. The van der Waals surface area contributed by atoms with E-state index < -0.39 is 10.0 Å². The predicted molar refractivity (Wildman–Crippen MR) is 75.8 cm³/mol. The Labute approximate surface area is 120 Å². The number of nitrogens with zero attached hydrogens (tertiary/aromatic N) is 2. The standard InChI is InChI=1S/C13H23N3O3S/c1-9-13(10(2)16(3)15-9)20(18,19)14-7-11-5-4-6-12(11)8-17/h11-12,14,17H,4-8H2,1-3H3. The predicted octanol–water partition coefficient (Wildman–Crippen LogP) is 0.724. The number of sulfonamides is 1. The number of aliphatic hydroxyl groups is 1. The van der Waals surface area contributed by atoms with E-state index >= 15 is 0 Å². The lowest BCUT2D eigenvalue weighted by Gasteiger charge is -2.17. The molecule has 0 saturated heterocycles. The summed E-state index contributed by atoms with van der Waals surface area (Å²) in [5, 5.41) is 13.4. The maximum absolute atomic E-state index is 12.4. The van der Waals surface area contributed by atoms with Crippen molar-refractivity contribution in [1.29, 1.82) is 0 Å². The minimum Gasteiger partial charge on any atom is -0.396 e. The van der Waals surface area contributed by atoms with Crippen molar-refractivity contribution < 1.29 is 13.5 Å². The molecule has 0 bridgehead atoms. The first kappa shape index (κ1) is 15.5. The lowest BCUT2D eigenvalue weighted by Crippen LogP contribution is -2.32. The van der Waals surface area contributed by atoms with Crippen LogP contribution in [-0.4, -0.2) is 36.5 Å². The number of nitrogens with one attached hydrogen (secondary N) is 1. The number of hydrogen-bond acceptors (Lipinski definition) is 4. The topological polar surface area (TPSA) is 84.2 Å². The summed E-state index contributed by atoms with van der Waals surface area (Å²) in [5.41, 5.74) is 1.16. The molecule has 2 unspecified atom stereocenters. The molecule has 2 rings (SSSR count). The second-order valence-corrected chi connectivity index (χ2v) is 7.31. The lowest BCUT2D eigenvalue weighted by molar-refractivity contribution is 0.195. The van der Waals surface area contributed by atoms with E-state index in [9.17, 15) is 13.5 Å². The first-order valence-corrected chi connectivity index (χ1v) is 8.46. The van der Waals surface area contributed by atoms with Gasteiger partial charge in [-0.3, -0.25) is 4.68 Å². The van der Waals surface area contributed by atoms with Gasteiger partial charge in [0.2, 0.25) is 10.0 Å². The molecule has 7 heteroatoms. The van der Waals surface area contributed by atoms with Crippen LogP contribution in [0.5, 0.6) is 0 Å². The van der Waals surface area contributed by atoms with Crippen molar-refractivity contribution in [2.45, 2.75) is 38.0 Å². The fourth-order valence-corrected chi connectivity index (χ4v) is 4.58. The van der Waals surface area contributed by atoms with Gasteiger partial charge in [0, 0.05) is 20.2 Å². The van der Waals surface area contributed by atoms with E-state index in [-0.39, 0.29) is 23.3 Å². The van der Waals surface area contributed by atoms with Crippen LogP contribution in [0.4, 0.5) is 0 Å². The number of rotatable bonds is 5. The highest BCUT2D eigenvalue weighted by atomic mass is 32.2. The van der Waals surface area contributed by atoms with Crippen LogP contribution in [-0.2, 0) is 17.1 Å². The van der Waals surface area contributed by atoms with Crippen LogP contribution in [0.15, 0.2) is 4.90 Å².